The normalized spacial score (nSPS) is 11.1. The molecule has 21 heavy (non-hydrogen) atoms. The SMILES string of the molecule is O=[N+]([O-])c1cc(F)ccc1NS(=O)(=O)c1cncc(Br)c1. The number of halogens is 2. The molecule has 0 amide bonds. The molecule has 0 unspecified atom stereocenters. The number of sulfonamides is 1. The van der Waals surface area contributed by atoms with E-state index in [-0.39, 0.29) is 10.6 Å². The van der Waals surface area contributed by atoms with Crippen LogP contribution in [0.15, 0.2) is 46.0 Å². The topological polar surface area (TPSA) is 102 Å². The number of nitro benzene ring substituents is 1. The zero-order valence-corrected chi connectivity index (χ0v) is 12.6. The number of benzene rings is 1. The minimum atomic E-state index is -4.07. The first-order valence-electron chi connectivity index (χ1n) is 5.37. The molecule has 1 aromatic heterocycles. The summed E-state index contributed by atoms with van der Waals surface area (Å²) < 4.78 is 39.7. The second-order valence-electron chi connectivity index (χ2n) is 3.86. The number of nitrogens with zero attached hydrogens (tertiary/aromatic N) is 2. The molecule has 0 saturated carbocycles. The zero-order valence-electron chi connectivity index (χ0n) is 10.2. The molecule has 0 atom stereocenters. The molecule has 0 aliphatic rings. The highest BCUT2D eigenvalue weighted by atomic mass is 79.9. The van der Waals surface area contributed by atoms with Crippen LogP contribution in [0.1, 0.15) is 0 Å². The Balaban J connectivity index is 2.44. The van der Waals surface area contributed by atoms with Crippen LogP contribution in [-0.2, 0) is 10.0 Å². The van der Waals surface area contributed by atoms with Crippen molar-refractivity contribution in [2.45, 2.75) is 4.90 Å². The van der Waals surface area contributed by atoms with E-state index in [0.29, 0.717) is 10.5 Å². The molecule has 2 rings (SSSR count). The minimum absolute atomic E-state index is 0.185. The highest BCUT2D eigenvalue weighted by Gasteiger charge is 2.22. The number of nitro groups is 1. The summed E-state index contributed by atoms with van der Waals surface area (Å²) in [5.74, 6) is -0.839. The molecule has 0 saturated heterocycles. The van der Waals surface area contributed by atoms with E-state index in [1.807, 2.05) is 4.72 Å². The van der Waals surface area contributed by atoms with Gasteiger partial charge in [0.1, 0.15) is 16.4 Å². The van der Waals surface area contributed by atoms with Crippen molar-refractivity contribution in [2.24, 2.45) is 0 Å². The van der Waals surface area contributed by atoms with E-state index in [1.165, 1.54) is 12.3 Å². The molecular weight excluding hydrogens is 369 g/mol. The third-order valence-corrected chi connectivity index (χ3v) is 4.16. The van der Waals surface area contributed by atoms with Crippen molar-refractivity contribution in [3.63, 3.8) is 0 Å². The first-order chi connectivity index (χ1) is 9.79. The Hall–Kier alpha value is -2.07. The van der Waals surface area contributed by atoms with Gasteiger partial charge in [0, 0.05) is 16.9 Å². The fraction of sp³-hybridized carbons (Fsp3) is 0. The highest BCUT2D eigenvalue weighted by molar-refractivity contribution is 9.10. The van der Waals surface area contributed by atoms with Gasteiger partial charge in [-0.25, -0.2) is 12.8 Å². The maximum absolute atomic E-state index is 13.0. The van der Waals surface area contributed by atoms with E-state index < -0.39 is 26.5 Å². The van der Waals surface area contributed by atoms with Gasteiger partial charge in [-0.3, -0.25) is 19.8 Å². The lowest BCUT2D eigenvalue weighted by molar-refractivity contribution is -0.384. The van der Waals surface area contributed by atoms with Crippen molar-refractivity contribution >= 4 is 37.3 Å². The second kappa shape index (κ2) is 5.74. The predicted molar refractivity (Wildman–Crippen MR) is 75.8 cm³/mol. The standard InChI is InChI=1S/C11H7BrFN3O4S/c12-7-3-9(6-14-5-7)21(19,20)15-10-2-1-8(13)4-11(10)16(17)18/h1-6,15H. The van der Waals surface area contributed by atoms with Gasteiger partial charge >= 0.3 is 0 Å². The lowest BCUT2D eigenvalue weighted by Crippen LogP contribution is -2.14. The molecule has 0 fully saturated rings. The van der Waals surface area contributed by atoms with E-state index in [4.69, 9.17) is 0 Å². The van der Waals surface area contributed by atoms with Gasteiger partial charge in [-0.15, -0.1) is 0 Å². The van der Waals surface area contributed by atoms with Crippen molar-refractivity contribution in [1.29, 1.82) is 0 Å². The summed E-state index contributed by atoms with van der Waals surface area (Å²) in [6.45, 7) is 0. The largest absolute Gasteiger partial charge is 0.296 e. The predicted octanol–water partition coefficient (Wildman–Crippen LogP) is 2.69. The molecular formula is C11H7BrFN3O4S. The van der Waals surface area contributed by atoms with Crippen LogP contribution >= 0.6 is 15.9 Å². The average molecular weight is 376 g/mol. The smallest absolute Gasteiger partial charge is 0.273 e. The first kappa shape index (κ1) is 15.3. The number of rotatable bonds is 4. The number of aromatic nitrogens is 1. The molecule has 0 bridgehead atoms. The number of hydrogen-bond acceptors (Lipinski definition) is 5. The third-order valence-electron chi connectivity index (χ3n) is 2.39. The quantitative estimate of drug-likeness (QED) is 0.653. The lowest BCUT2D eigenvalue weighted by Gasteiger charge is -2.08. The molecule has 1 heterocycles. The van der Waals surface area contributed by atoms with E-state index >= 15 is 0 Å². The summed E-state index contributed by atoms with van der Waals surface area (Å²) in [5.41, 5.74) is -1.01. The van der Waals surface area contributed by atoms with Crippen LogP contribution in [0, 0.1) is 15.9 Å². The van der Waals surface area contributed by atoms with Gasteiger partial charge in [0.15, 0.2) is 0 Å². The van der Waals surface area contributed by atoms with Gasteiger partial charge in [0.2, 0.25) is 0 Å². The Kier molecular flexibility index (Phi) is 4.19. The van der Waals surface area contributed by atoms with Crippen LogP contribution in [0.3, 0.4) is 0 Å². The summed E-state index contributed by atoms with van der Waals surface area (Å²) in [7, 11) is -4.07. The molecule has 2 aromatic rings. The number of pyridine rings is 1. The Morgan fingerprint density at radius 3 is 2.62 bits per heavy atom. The number of hydrogen-bond donors (Lipinski definition) is 1. The minimum Gasteiger partial charge on any atom is -0.273 e. The van der Waals surface area contributed by atoms with Crippen LogP contribution in [0.2, 0.25) is 0 Å². The van der Waals surface area contributed by atoms with Gasteiger partial charge in [0.05, 0.1) is 11.0 Å². The van der Waals surface area contributed by atoms with E-state index in [0.717, 1.165) is 18.3 Å². The summed E-state index contributed by atoms with van der Waals surface area (Å²) in [4.78, 5) is 13.5. The van der Waals surface area contributed by atoms with Crippen molar-refractivity contribution in [2.75, 3.05) is 4.72 Å². The highest BCUT2D eigenvalue weighted by Crippen LogP contribution is 2.27. The Morgan fingerprint density at radius 2 is 2.00 bits per heavy atom. The molecule has 0 aliphatic carbocycles. The molecule has 7 nitrogen and oxygen atoms in total. The summed E-state index contributed by atoms with van der Waals surface area (Å²) in [6.07, 6.45) is 2.47. The van der Waals surface area contributed by atoms with Crippen LogP contribution in [0.4, 0.5) is 15.8 Å². The van der Waals surface area contributed by atoms with Crippen LogP contribution < -0.4 is 4.72 Å². The van der Waals surface area contributed by atoms with Crippen LogP contribution in [-0.4, -0.2) is 18.3 Å². The van der Waals surface area contributed by atoms with Crippen LogP contribution in [0.5, 0.6) is 0 Å². The van der Waals surface area contributed by atoms with E-state index in [1.54, 1.807) is 0 Å². The number of nitrogens with one attached hydrogen (secondary N) is 1. The molecule has 1 N–H and O–H groups in total. The molecule has 0 spiro atoms. The fourth-order valence-corrected chi connectivity index (χ4v) is 3.06. The summed E-state index contributed by atoms with van der Waals surface area (Å²) >= 11 is 3.07. The monoisotopic (exact) mass is 375 g/mol. The summed E-state index contributed by atoms with van der Waals surface area (Å²) in [5, 5.41) is 10.8. The maximum atomic E-state index is 13.0. The van der Waals surface area contributed by atoms with Gasteiger partial charge in [-0.05, 0) is 34.1 Å². The first-order valence-corrected chi connectivity index (χ1v) is 7.64. The maximum Gasteiger partial charge on any atom is 0.296 e. The van der Waals surface area contributed by atoms with Crippen molar-refractivity contribution in [1.82, 2.24) is 4.98 Å². The van der Waals surface area contributed by atoms with Gasteiger partial charge in [0.25, 0.3) is 15.7 Å². The third kappa shape index (κ3) is 3.52. The lowest BCUT2D eigenvalue weighted by atomic mass is 10.3. The van der Waals surface area contributed by atoms with Gasteiger partial charge in [-0.2, -0.15) is 0 Å². The molecule has 0 radical (unpaired) electrons. The Labute approximate surface area is 127 Å². The fourth-order valence-electron chi connectivity index (χ4n) is 1.49. The molecule has 1 aromatic carbocycles. The van der Waals surface area contributed by atoms with E-state index in [2.05, 4.69) is 20.9 Å². The van der Waals surface area contributed by atoms with Gasteiger partial charge < -0.3 is 0 Å². The van der Waals surface area contributed by atoms with Crippen LogP contribution in [0.25, 0.3) is 0 Å². The average Bonchev–Trinajstić information content (AvgIpc) is 2.40. The molecule has 10 heteroatoms. The molecule has 110 valence electrons. The summed E-state index contributed by atoms with van der Waals surface area (Å²) in [6, 6.07) is 3.82. The van der Waals surface area contributed by atoms with E-state index in [9.17, 15) is 22.9 Å². The second-order valence-corrected chi connectivity index (χ2v) is 6.46. The van der Waals surface area contributed by atoms with Crippen molar-refractivity contribution < 1.29 is 17.7 Å². The Morgan fingerprint density at radius 1 is 1.29 bits per heavy atom. The van der Waals surface area contributed by atoms with Gasteiger partial charge in [-0.1, -0.05) is 0 Å². The van der Waals surface area contributed by atoms with Crippen molar-refractivity contribution in [3.05, 3.63) is 57.1 Å². The Bertz CT molecular complexity index is 813. The molecule has 0 aliphatic heterocycles. The zero-order chi connectivity index (χ0) is 15.6. The number of anilines is 1. The van der Waals surface area contributed by atoms with Crippen molar-refractivity contribution in [3.8, 4) is 0 Å².